The van der Waals surface area contributed by atoms with Gasteiger partial charge in [-0.1, -0.05) is 18.2 Å². The molecule has 0 unspecified atom stereocenters. The van der Waals surface area contributed by atoms with E-state index in [2.05, 4.69) is 11.9 Å². The Balaban J connectivity index is 2.15. The van der Waals surface area contributed by atoms with Crippen molar-refractivity contribution in [2.75, 3.05) is 13.2 Å². The fraction of sp³-hybridized carbons (Fsp3) is 0.565. The molecule has 172 valence electrons. The van der Waals surface area contributed by atoms with Gasteiger partial charge in [-0.25, -0.2) is 14.0 Å². The van der Waals surface area contributed by atoms with Crippen LogP contribution in [-0.4, -0.2) is 55.2 Å². The van der Waals surface area contributed by atoms with Gasteiger partial charge in [0, 0.05) is 19.4 Å². The molecular formula is C23H32FNO6. The molecule has 1 amide bonds. The van der Waals surface area contributed by atoms with Crippen LogP contribution >= 0.6 is 0 Å². The Morgan fingerprint density at radius 1 is 1.32 bits per heavy atom. The molecule has 1 aliphatic heterocycles. The minimum absolute atomic E-state index is 0.183. The van der Waals surface area contributed by atoms with Gasteiger partial charge in [0.1, 0.15) is 29.7 Å². The Morgan fingerprint density at radius 2 is 2.00 bits per heavy atom. The van der Waals surface area contributed by atoms with Crippen molar-refractivity contribution >= 4 is 12.1 Å². The van der Waals surface area contributed by atoms with Crippen LogP contribution in [0.5, 0.6) is 0 Å². The van der Waals surface area contributed by atoms with E-state index in [1.165, 1.54) is 12.1 Å². The number of nitrogens with one attached hydrogen (secondary N) is 1. The molecule has 1 heterocycles. The zero-order valence-electron chi connectivity index (χ0n) is 18.6. The van der Waals surface area contributed by atoms with Crippen molar-refractivity contribution in [3.8, 4) is 0 Å². The topological polar surface area (TPSA) is 83.1 Å². The van der Waals surface area contributed by atoms with Gasteiger partial charge in [-0.15, -0.1) is 6.58 Å². The Kier molecular flexibility index (Phi) is 9.00. The summed E-state index contributed by atoms with van der Waals surface area (Å²) in [6, 6.07) is 5.21. The SMILES string of the molecule is C=CCO[C@H]1[C@H](C)OC(=O)[C@@H](NC(=O)OC(C)(C)C)CCO[C@@H]1Cc1ccc(F)cc1. The molecule has 0 aromatic heterocycles. The van der Waals surface area contributed by atoms with E-state index in [9.17, 15) is 14.0 Å². The number of alkyl carbamates (subject to hydrolysis) is 1. The Bertz CT molecular complexity index is 745. The van der Waals surface area contributed by atoms with E-state index in [-0.39, 0.29) is 25.5 Å². The first-order chi connectivity index (χ1) is 14.6. The number of hydrogen-bond donors (Lipinski definition) is 1. The molecule has 0 saturated carbocycles. The molecule has 1 N–H and O–H groups in total. The third-order valence-electron chi connectivity index (χ3n) is 4.60. The molecule has 0 radical (unpaired) electrons. The summed E-state index contributed by atoms with van der Waals surface area (Å²) in [5, 5.41) is 2.56. The van der Waals surface area contributed by atoms with Crippen molar-refractivity contribution < 1.29 is 32.9 Å². The lowest BCUT2D eigenvalue weighted by Gasteiger charge is -2.30. The number of hydrogen-bond acceptors (Lipinski definition) is 6. The van der Waals surface area contributed by atoms with E-state index in [0.717, 1.165) is 5.56 Å². The summed E-state index contributed by atoms with van der Waals surface area (Å²) < 4.78 is 36.0. The Hall–Kier alpha value is -2.45. The van der Waals surface area contributed by atoms with Gasteiger partial charge in [0.15, 0.2) is 0 Å². The van der Waals surface area contributed by atoms with E-state index in [0.29, 0.717) is 6.42 Å². The maximum Gasteiger partial charge on any atom is 0.408 e. The highest BCUT2D eigenvalue weighted by atomic mass is 19.1. The van der Waals surface area contributed by atoms with Crippen molar-refractivity contribution in [1.82, 2.24) is 5.32 Å². The summed E-state index contributed by atoms with van der Waals surface area (Å²) >= 11 is 0. The second-order valence-corrected chi connectivity index (χ2v) is 8.46. The van der Waals surface area contributed by atoms with Crippen molar-refractivity contribution in [3.63, 3.8) is 0 Å². The van der Waals surface area contributed by atoms with Crippen molar-refractivity contribution in [2.24, 2.45) is 0 Å². The number of carbonyl (C=O) groups is 2. The zero-order chi connectivity index (χ0) is 23.0. The molecule has 31 heavy (non-hydrogen) atoms. The van der Waals surface area contributed by atoms with Gasteiger partial charge >= 0.3 is 12.1 Å². The summed E-state index contributed by atoms with van der Waals surface area (Å²) in [5.74, 6) is -0.909. The van der Waals surface area contributed by atoms with Crippen LogP contribution in [0.25, 0.3) is 0 Å². The largest absolute Gasteiger partial charge is 0.458 e. The predicted octanol–water partition coefficient (Wildman–Crippen LogP) is 3.55. The fourth-order valence-corrected chi connectivity index (χ4v) is 3.22. The van der Waals surface area contributed by atoms with E-state index >= 15 is 0 Å². The van der Waals surface area contributed by atoms with E-state index < -0.39 is 42.0 Å². The van der Waals surface area contributed by atoms with Crippen LogP contribution in [-0.2, 0) is 30.2 Å². The molecular weight excluding hydrogens is 405 g/mol. The van der Waals surface area contributed by atoms with E-state index in [1.54, 1.807) is 45.9 Å². The van der Waals surface area contributed by atoms with Gasteiger partial charge < -0.3 is 24.3 Å². The highest BCUT2D eigenvalue weighted by molar-refractivity contribution is 5.81. The average molecular weight is 438 g/mol. The second-order valence-electron chi connectivity index (χ2n) is 8.46. The highest BCUT2D eigenvalue weighted by Crippen LogP contribution is 2.21. The number of ether oxygens (including phenoxy) is 4. The highest BCUT2D eigenvalue weighted by Gasteiger charge is 2.36. The molecule has 0 spiro atoms. The normalized spacial score (nSPS) is 24.9. The van der Waals surface area contributed by atoms with Crippen LogP contribution in [0.1, 0.15) is 39.7 Å². The summed E-state index contributed by atoms with van der Waals surface area (Å²) in [7, 11) is 0. The summed E-state index contributed by atoms with van der Waals surface area (Å²) in [4.78, 5) is 24.8. The lowest BCUT2D eigenvalue weighted by molar-refractivity contribution is -0.163. The number of benzene rings is 1. The lowest BCUT2D eigenvalue weighted by atomic mass is 10.0. The van der Waals surface area contributed by atoms with Crippen LogP contribution < -0.4 is 5.32 Å². The van der Waals surface area contributed by atoms with Crippen molar-refractivity contribution in [3.05, 3.63) is 48.3 Å². The molecule has 8 heteroatoms. The van der Waals surface area contributed by atoms with Gasteiger partial charge in [0.2, 0.25) is 0 Å². The average Bonchev–Trinajstić information content (AvgIpc) is 2.71. The standard InChI is InChI=1S/C23H32FNO6/c1-6-12-29-20-15(2)30-21(26)18(25-22(27)31-23(3,4)5)11-13-28-19(20)14-16-7-9-17(24)10-8-16/h6-10,15,18-20H,1,11-14H2,2-5H3,(H,25,27)/t15-,18-,19+,20-/m0/s1. The second kappa shape index (κ2) is 11.2. The smallest absolute Gasteiger partial charge is 0.408 e. The minimum atomic E-state index is -0.915. The van der Waals surface area contributed by atoms with Crippen molar-refractivity contribution in [2.45, 2.75) is 70.5 Å². The molecule has 2 rings (SSSR count). The molecule has 1 aromatic rings. The zero-order valence-corrected chi connectivity index (χ0v) is 18.6. The number of cyclic esters (lactones) is 1. The third kappa shape index (κ3) is 8.30. The third-order valence-corrected chi connectivity index (χ3v) is 4.60. The van der Waals surface area contributed by atoms with Gasteiger partial charge in [0.25, 0.3) is 0 Å². The van der Waals surface area contributed by atoms with Crippen LogP contribution in [0.4, 0.5) is 9.18 Å². The monoisotopic (exact) mass is 437 g/mol. The van der Waals surface area contributed by atoms with Crippen molar-refractivity contribution in [1.29, 1.82) is 0 Å². The number of carbonyl (C=O) groups excluding carboxylic acids is 2. The molecule has 1 fully saturated rings. The van der Waals surface area contributed by atoms with Crippen LogP contribution in [0.2, 0.25) is 0 Å². The summed E-state index contributed by atoms with van der Waals surface area (Å²) in [6.45, 7) is 11.0. The first kappa shape index (κ1) is 24.8. The Morgan fingerprint density at radius 3 is 2.61 bits per heavy atom. The van der Waals surface area contributed by atoms with Crippen LogP contribution in [0.15, 0.2) is 36.9 Å². The van der Waals surface area contributed by atoms with E-state index in [1.807, 2.05) is 0 Å². The van der Waals surface area contributed by atoms with Gasteiger partial charge in [-0.2, -0.15) is 0 Å². The fourth-order valence-electron chi connectivity index (χ4n) is 3.22. The molecule has 1 aliphatic rings. The van der Waals surface area contributed by atoms with Gasteiger partial charge in [-0.05, 0) is 45.4 Å². The molecule has 7 nitrogen and oxygen atoms in total. The van der Waals surface area contributed by atoms with Gasteiger partial charge in [-0.3, -0.25) is 0 Å². The van der Waals surface area contributed by atoms with Gasteiger partial charge in [0.05, 0.1) is 12.7 Å². The maximum absolute atomic E-state index is 13.3. The predicted molar refractivity (Wildman–Crippen MR) is 113 cm³/mol. The number of halogens is 1. The maximum atomic E-state index is 13.3. The molecule has 4 atom stereocenters. The quantitative estimate of drug-likeness (QED) is 0.541. The van der Waals surface area contributed by atoms with Crippen LogP contribution in [0.3, 0.4) is 0 Å². The first-order valence-electron chi connectivity index (χ1n) is 10.4. The molecule has 1 aromatic carbocycles. The number of rotatable bonds is 6. The van der Waals surface area contributed by atoms with Crippen LogP contribution in [0, 0.1) is 5.82 Å². The first-order valence-corrected chi connectivity index (χ1v) is 10.4. The Labute approximate surface area is 182 Å². The molecule has 0 aliphatic carbocycles. The number of esters is 1. The summed E-state index contributed by atoms with van der Waals surface area (Å²) in [6.07, 6.45) is -0.140. The number of amides is 1. The lowest BCUT2D eigenvalue weighted by Crippen LogP contribution is -2.46. The minimum Gasteiger partial charge on any atom is -0.458 e. The van der Waals surface area contributed by atoms with E-state index in [4.69, 9.17) is 18.9 Å². The molecule has 0 bridgehead atoms. The summed E-state index contributed by atoms with van der Waals surface area (Å²) in [5.41, 5.74) is 0.167. The molecule has 1 saturated heterocycles.